The quantitative estimate of drug-likeness (QED) is 0.885. The van der Waals surface area contributed by atoms with Crippen molar-refractivity contribution in [2.24, 2.45) is 11.1 Å². The summed E-state index contributed by atoms with van der Waals surface area (Å²) < 4.78 is 13.2. The van der Waals surface area contributed by atoms with E-state index < -0.39 is 12.1 Å². The van der Waals surface area contributed by atoms with E-state index in [1.165, 1.54) is 5.56 Å². The summed E-state index contributed by atoms with van der Waals surface area (Å²) in [5, 5.41) is 3.64. The first kappa shape index (κ1) is 16.9. The van der Waals surface area contributed by atoms with Crippen molar-refractivity contribution in [1.82, 2.24) is 0 Å². The van der Waals surface area contributed by atoms with Gasteiger partial charge in [-0.25, -0.2) is 4.39 Å². The normalized spacial score (nSPS) is 21.5. The van der Waals surface area contributed by atoms with Gasteiger partial charge in [-0.2, -0.15) is 0 Å². The Morgan fingerprint density at radius 1 is 1.23 bits per heavy atom. The van der Waals surface area contributed by atoms with Crippen LogP contribution in [0.15, 0.2) is 42.5 Å². The van der Waals surface area contributed by atoms with Gasteiger partial charge in [-0.3, -0.25) is 4.79 Å². The van der Waals surface area contributed by atoms with Gasteiger partial charge in [0.05, 0.1) is 19.1 Å². The summed E-state index contributed by atoms with van der Waals surface area (Å²) in [6.07, 6.45) is 0.135. The molecule has 1 unspecified atom stereocenters. The molecule has 26 heavy (non-hydrogen) atoms. The first-order chi connectivity index (χ1) is 12.3. The molecule has 1 saturated heterocycles. The van der Waals surface area contributed by atoms with E-state index in [4.69, 9.17) is 5.73 Å². The van der Waals surface area contributed by atoms with Crippen molar-refractivity contribution in [3.05, 3.63) is 59.2 Å². The highest BCUT2D eigenvalue weighted by Crippen LogP contribution is 2.45. The topological polar surface area (TPSA) is 58.4 Å². The summed E-state index contributed by atoms with van der Waals surface area (Å²) in [6, 6.07) is 14.1. The van der Waals surface area contributed by atoms with Crippen LogP contribution in [-0.4, -0.2) is 25.2 Å². The molecule has 2 aliphatic rings. The maximum Gasteiger partial charge on any atom is 0.248 e. The van der Waals surface area contributed by atoms with Crippen LogP contribution >= 0.6 is 0 Å². The molecule has 2 heterocycles. The van der Waals surface area contributed by atoms with Crippen LogP contribution in [0.4, 0.5) is 15.8 Å². The number of nitrogens with two attached hydrogens (primary N) is 1. The zero-order valence-electron chi connectivity index (χ0n) is 15.1. The third-order valence-corrected chi connectivity index (χ3v) is 5.52. The highest BCUT2D eigenvalue weighted by atomic mass is 19.1. The summed E-state index contributed by atoms with van der Waals surface area (Å²) >= 11 is 0. The predicted octanol–water partition coefficient (Wildman–Crippen LogP) is 3.68. The molecule has 0 bridgehead atoms. The molecule has 2 aliphatic heterocycles. The number of nitrogens with zero attached hydrogens (tertiary/aromatic N) is 1. The van der Waals surface area contributed by atoms with Gasteiger partial charge in [0.15, 0.2) is 0 Å². The Morgan fingerprint density at radius 3 is 2.69 bits per heavy atom. The molecule has 136 valence electrons. The van der Waals surface area contributed by atoms with E-state index in [1.807, 2.05) is 24.3 Å². The average Bonchev–Trinajstić information content (AvgIpc) is 2.57. The summed E-state index contributed by atoms with van der Waals surface area (Å²) in [6.45, 7) is 5.39. The third kappa shape index (κ3) is 2.91. The number of fused-ring (bicyclic) bond motifs is 1. The zero-order valence-corrected chi connectivity index (χ0v) is 15.1. The van der Waals surface area contributed by atoms with Gasteiger partial charge in [-0.1, -0.05) is 26.0 Å². The second kappa shape index (κ2) is 6.01. The fraction of sp³-hybridized carbons (Fsp3) is 0.381. The molecular formula is C21H24FN3O. The first-order valence-corrected chi connectivity index (χ1v) is 9.02. The summed E-state index contributed by atoms with van der Waals surface area (Å²) in [5.41, 5.74) is 10.3. The van der Waals surface area contributed by atoms with Crippen LogP contribution in [-0.2, 0) is 6.42 Å². The summed E-state index contributed by atoms with van der Waals surface area (Å²) in [4.78, 5) is 13.5. The Bertz CT molecular complexity index is 858. The standard InChI is InChI=1S/C21H24FN3O/c1-21(2)10-15-8-14(20(23)26)6-7-18(15)24-19(21)13-4-3-5-17(9-13)25-11-16(22)12-25/h3-9,16,19,24H,10-12H2,1-2H3,(H2,23,26). The number of nitrogens with one attached hydrogen (secondary N) is 1. The van der Waals surface area contributed by atoms with Gasteiger partial charge >= 0.3 is 0 Å². The second-order valence-electron chi connectivity index (χ2n) is 8.08. The molecule has 1 fully saturated rings. The molecule has 1 atom stereocenters. The highest BCUT2D eigenvalue weighted by Gasteiger charge is 2.36. The number of halogens is 1. The Labute approximate surface area is 153 Å². The largest absolute Gasteiger partial charge is 0.377 e. The Hall–Kier alpha value is -2.56. The molecule has 3 N–H and O–H groups in total. The minimum Gasteiger partial charge on any atom is -0.377 e. The molecule has 4 nitrogen and oxygen atoms in total. The van der Waals surface area contributed by atoms with E-state index in [9.17, 15) is 9.18 Å². The van der Waals surface area contributed by atoms with Crippen molar-refractivity contribution in [2.75, 3.05) is 23.3 Å². The number of carbonyl (C=O) groups excluding carboxylic acids is 1. The first-order valence-electron chi connectivity index (χ1n) is 9.02. The predicted molar refractivity (Wildman–Crippen MR) is 102 cm³/mol. The van der Waals surface area contributed by atoms with Crippen LogP contribution < -0.4 is 16.0 Å². The van der Waals surface area contributed by atoms with Crippen molar-refractivity contribution >= 4 is 17.3 Å². The van der Waals surface area contributed by atoms with Crippen LogP contribution in [0, 0.1) is 5.41 Å². The molecule has 0 aliphatic carbocycles. The lowest BCUT2D eigenvalue weighted by atomic mass is 9.72. The van der Waals surface area contributed by atoms with Crippen molar-refractivity contribution in [1.29, 1.82) is 0 Å². The Morgan fingerprint density at radius 2 is 2.00 bits per heavy atom. The molecule has 0 spiro atoms. The average molecular weight is 353 g/mol. The fourth-order valence-electron chi connectivity index (χ4n) is 4.05. The van der Waals surface area contributed by atoms with Gasteiger partial charge in [-0.15, -0.1) is 0 Å². The van der Waals surface area contributed by atoms with Gasteiger partial charge in [0.1, 0.15) is 6.17 Å². The van der Waals surface area contributed by atoms with Crippen LogP contribution in [0.1, 0.15) is 41.4 Å². The summed E-state index contributed by atoms with van der Waals surface area (Å²) in [5.74, 6) is -0.402. The van der Waals surface area contributed by atoms with Gasteiger partial charge in [0, 0.05) is 16.9 Å². The van der Waals surface area contributed by atoms with E-state index in [0.29, 0.717) is 18.7 Å². The Balaban J connectivity index is 1.65. The molecule has 0 aromatic heterocycles. The van der Waals surface area contributed by atoms with Crippen LogP contribution in [0.2, 0.25) is 0 Å². The molecule has 4 rings (SSSR count). The Kier molecular flexibility index (Phi) is 3.90. The van der Waals surface area contributed by atoms with Gasteiger partial charge in [0.2, 0.25) is 5.91 Å². The zero-order chi connectivity index (χ0) is 18.5. The number of amides is 1. The number of primary amides is 1. The fourth-order valence-corrected chi connectivity index (χ4v) is 4.05. The molecular weight excluding hydrogens is 329 g/mol. The number of benzene rings is 2. The van der Waals surface area contributed by atoms with Crippen LogP contribution in [0.3, 0.4) is 0 Å². The van der Waals surface area contributed by atoms with E-state index in [0.717, 1.165) is 23.4 Å². The van der Waals surface area contributed by atoms with Gasteiger partial charge in [-0.05, 0) is 53.3 Å². The van der Waals surface area contributed by atoms with E-state index in [-0.39, 0.29) is 11.5 Å². The number of hydrogen-bond donors (Lipinski definition) is 2. The second-order valence-corrected chi connectivity index (χ2v) is 8.08. The number of anilines is 2. The van der Waals surface area contributed by atoms with Crippen molar-refractivity contribution in [3.63, 3.8) is 0 Å². The number of alkyl halides is 1. The lowest BCUT2D eigenvalue weighted by Gasteiger charge is -2.42. The van der Waals surface area contributed by atoms with Gasteiger partial charge in [0.25, 0.3) is 0 Å². The summed E-state index contributed by atoms with van der Waals surface area (Å²) in [7, 11) is 0. The van der Waals surface area contributed by atoms with E-state index >= 15 is 0 Å². The maximum atomic E-state index is 13.2. The molecule has 0 saturated carbocycles. The van der Waals surface area contributed by atoms with Crippen molar-refractivity contribution in [3.8, 4) is 0 Å². The number of rotatable bonds is 3. The monoisotopic (exact) mass is 353 g/mol. The number of carbonyl (C=O) groups is 1. The maximum absolute atomic E-state index is 13.2. The molecule has 2 aromatic carbocycles. The van der Waals surface area contributed by atoms with E-state index in [1.54, 1.807) is 6.07 Å². The lowest BCUT2D eigenvalue weighted by Crippen LogP contribution is -2.48. The minimum absolute atomic E-state index is 0.0422. The van der Waals surface area contributed by atoms with Crippen molar-refractivity contribution in [2.45, 2.75) is 32.5 Å². The van der Waals surface area contributed by atoms with Crippen LogP contribution in [0.5, 0.6) is 0 Å². The third-order valence-electron chi connectivity index (χ3n) is 5.52. The smallest absolute Gasteiger partial charge is 0.248 e. The lowest BCUT2D eigenvalue weighted by molar-refractivity contribution is 0.1000. The van der Waals surface area contributed by atoms with E-state index in [2.05, 4.69) is 36.2 Å². The SMILES string of the molecule is CC1(C)Cc2cc(C(N)=O)ccc2NC1c1cccc(N2CC(F)C2)c1. The molecule has 5 heteroatoms. The minimum atomic E-state index is -0.714. The molecule has 2 aromatic rings. The van der Waals surface area contributed by atoms with Crippen molar-refractivity contribution < 1.29 is 9.18 Å². The highest BCUT2D eigenvalue weighted by molar-refractivity contribution is 5.93. The molecule has 1 amide bonds. The molecule has 0 radical (unpaired) electrons. The van der Waals surface area contributed by atoms with Crippen LogP contribution in [0.25, 0.3) is 0 Å². The van der Waals surface area contributed by atoms with Gasteiger partial charge < -0.3 is 16.0 Å². The number of hydrogen-bond acceptors (Lipinski definition) is 3.